The van der Waals surface area contributed by atoms with Crippen LogP contribution in [0.25, 0.3) is 0 Å². The minimum Gasteiger partial charge on any atom is -0.380 e. The first-order valence-electron chi connectivity index (χ1n) is 8.67. The molecule has 1 fully saturated rings. The van der Waals surface area contributed by atoms with Gasteiger partial charge in [0.05, 0.1) is 25.5 Å². The highest BCUT2D eigenvalue weighted by Gasteiger charge is 2.29. The van der Waals surface area contributed by atoms with Crippen LogP contribution in [0, 0.1) is 5.92 Å². The Morgan fingerprint density at radius 1 is 1.25 bits per heavy atom. The molecule has 6 nitrogen and oxygen atoms in total. The highest BCUT2D eigenvalue weighted by molar-refractivity contribution is 5.07. The summed E-state index contributed by atoms with van der Waals surface area (Å²) in [6.45, 7) is 5.97. The van der Waals surface area contributed by atoms with Gasteiger partial charge in [-0.15, -0.1) is 0 Å². The number of ether oxygens (including phenoxy) is 2. The van der Waals surface area contributed by atoms with Crippen molar-refractivity contribution < 1.29 is 9.47 Å². The van der Waals surface area contributed by atoms with Crippen molar-refractivity contribution in [2.45, 2.75) is 32.2 Å². The zero-order valence-corrected chi connectivity index (χ0v) is 13.9. The zero-order chi connectivity index (χ0) is 16.2. The maximum Gasteiger partial charge on any atom is 0.0731 e. The van der Waals surface area contributed by atoms with E-state index < -0.39 is 0 Å². The van der Waals surface area contributed by atoms with Crippen molar-refractivity contribution in [3.63, 3.8) is 0 Å². The highest BCUT2D eigenvalue weighted by atomic mass is 16.5. The average molecular weight is 328 g/mol. The van der Waals surface area contributed by atoms with Gasteiger partial charge in [0.1, 0.15) is 0 Å². The van der Waals surface area contributed by atoms with E-state index in [9.17, 15) is 0 Å². The van der Waals surface area contributed by atoms with Gasteiger partial charge in [-0.25, -0.2) is 0 Å². The second kappa shape index (κ2) is 7.42. The maximum atomic E-state index is 5.98. The van der Waals surface area contributed by atoms with Crippen LogP contribution < -0.4 is 0 Å². The molecule has 2 aliphatic heterocycles. The summed E-state index contributed by atoms with van der Waals surface area (Å²) in [6.07, 6.45) is 6.67. The lowest BCUT2D eigenvalue weighted by Gasteiger charge is -2.28. The van der Waals surface area contributed by atoms with Gasteiger partial charge < -0.3 is 9.47 Å². The number of fused-ring (bicyclic) bond motifs is 1. The minimum absolute atomic E-state index is 0.434. The van der Waals surface area contributed by atoms with Crippen LogP contribution in [0.1, 0.15) is 17.7 Å². The van der Waals surface area contributed by atoms with Crippen LogP contribution in [-0.2, 0) is 29.2 Å². The van der Waals surface area contributed by atoms with Gasteiger partial charge in [-0.1, -0.05) is 6.07 Å². The van der Waals surface area contributed by atoms with E-state index in [1.165, 1.54) is 5.69 Å². The van der Waals surface area contributed by atoms with Gasteiger partial charge in [0.15, 0.2) is 0 Å². The minimum atomic E-state index is 0.434. The zero-order valence-electron chi connectivity index (χ0n) is 13.9. The quantitative estimate of drug-likeness (QED) is 0.836. The molecule has 2 aliphatic rings. The van der Waals surface area contributed by atoms with E-state index in [4.69, 9.17) is 9.47 Å². The van der Waals surface area contributed by atoms with Gasteiger partial charge in [0.25, 0.3) is 0 Å². The fourth-order valence-corrected chi connectivity index (χ4v) is 3.59. The van der Waals surface area contributed by atoms with Gasteiger partial charge in [-0.05, 0) is 24.1 Å². The van der Waals surface area contributed by atoms with E-state index in [0.717, 1.165) is 51.4 Å². The van der Waals surface area contributed by atoms with Crippen LogP contribution in [0.5, 0.6) is 0 Å². The van der Waals surface area contributed by atoms with Gasteiger partial charge in [-0.3, -0.25) is 14.6 Å². The van der Waals surface area contributed by atoms with E-state index in [1.54, 1.807) is 6.20 Å². The van der Waals surface area contributed by atoms with Crippen molar-refractivity contribution in [2.75, 3.05) is 26.4 Å². The van der Waals surface area contributed by atoms with Gasteiger partial charge >= 0.3 is 0 Å². The molecule has 1 saturated heterocycles. The molecule has 0 radical (unpaired) electrons. The molecule has 0 spiro atoms. The summed E-state index contributed by atoms with van der Waals surface area (Å²) < 4.78 is 13.7. The van der Waals surface area contributed by atoms with E-state index in [-0.39, 0.29) is 0 Å². The summed E-state index contributed by atoms with van der Waals surface area (Å²) in [5.74, 6) is 0.434. The molecule has 0 aliphatic carbocycles. The average Bonchev–Trinajstić information content (AvgIpc) is 3.25. The largest absolute Gasteiger partial charge is 0.380 e. The SMILES string of the molecule is c1cncc(COC[C@@H]2CN([C@H]3CCOC3)Cc3ccnn3C2)c1. The van der Waals surface area contributed by atoms with Crippen LogP contribution in [-0.4, -0.2) is 52.1 Å². The Kier molecular flexibility index (Phi) is 4.87. The van der Waals surface area contributed by atoms with Crippen molar-refractivity contribution in [2.24, 2.45) is 5.92 Å². The lowest BCUT2D eigenvalue weighted by atomic mass is 10.1. The van der Waals surface area contributed by atoms with E-state index in [1.807, 2.05) is 24.5 Å². The number of rotatable bonds is 5. The normalized spacial score (nSPS) is 24.7. The first-order valence-corrected chi connectivity index (χ1v) is 8.67. The number of aromatic nitrogens is 3. The monoisotopic (exact) mass is 328 g/mol. The predicted molar refractivity (Wildman–Crippen MR) is 89.2 cm³/mol. The fraction of sp³-hybridized carbons (Fsp3) is 0.556. The molecule has 0 bridgehead atoms. The Balaban J connectivity index is 1.39. The molecule has 2 aromatic heterocycles. The number of pyridine rings is 1. The van der Waals surface area contributed by atoms with E-state index in [2.05, 4.69) is 25.7 Å². The highest BCUT2D eigenvalue weighted by Crippen LogP contribution is 2.22. The van der Waals surface area contributed by atoms with E-state index >= 15 is 0 Å². The first kappa shape index (κ1) is 15.7. The summed E-state index contributed by atoms with van der Waals surface area (Å²) >= 11 is 0. The van der Waals surface area contributed by atoms with E-state index in [0.29, 0.717) is 18.6 Å². The van der Waals surface area contributed by atoms with Gasteiger partial charge in [0, 0.05) is 56.8 Å². The van der Waals surface area contributed by atoms with Crippen molar-refractivity contribution >= 4 is 0 Å². The molecular weight excluding hydrogens is 304 g/mol. The molecule has 2 atom stereocenters. The second-order valence-corrected chi connectivity index (χ2v) is 6.69. The molecule has 0 aromatic carbocycles. The molecule has 6 heteroatoms. The Hall–Kier alpha value is -1.76. The Morgan fingerprint density at radius 3 is 3.08 bits per heavy atom. The number of hydrogen-bond acceptors (Lipinski definition) is 5. The Labute approximate surface area is 142 Å². The third-order valence-corrected chi connectivity index (χ3v) is 4.86. The maximum absolute atomic E-state index is 5.98. The molecule has 0 saturated carbocycles. The molecule has 4 heterocycles. The molecule has 24 heavy (non-hydrogen) atoms. The number of nitrogens with zero attached hydrogens (tertiary/aromatic N) is 4. The van der Waals surface area contributed by atoms with Crippen molar-refractivity contribution in [3.8, 4) is 0 Å². The van der Waals surface area contributed by atoms with Crippen LogP contribution in [0.3, 0.4) is 0 Å². The number of hydrogen-bond donors (Lipinski definition) is 0. The fourth-order valence-electron chi connectivity index (χ4n) is 3.59. The summed E-state index contributed by atoms with van der Waals surface area (Å²) in [5, 5.41) is 4.49. The van der Waals surface area contributed by atoms with Crippen molar-refractivity contribution in [1.82, 2.24) is 19.7 Å². The molecule has 0 unspecified atom stereocenters. The molecular formula is C18H24N4O2. The third-order valence-electron chi connectivity index (χ3n) is 4.86. The third kappa shape index (κ3) is 3.66. The molecule has 128 valence electrons. The summed E-state index contributed by atoms with van der Waals surface area (Å²) in [7, 11) is 0. The summed E-state index contributed by atoms with van der Waals surface area (Å²) in [6, 6.07) is 6.64. The Morgan fingerprint density at radius 2 is 2.25 bits per heavy atom. The topological polar surface area (TPSA) is 52.4 Å². The molecule has 2 aromatic rings. The standard InChI is InChI=1S/C18H24N4O2/c1-2-15(8-19-5-1)12-24-13-16-9-21(18-4-7-23-14-18)11-17-3-6-20-22(17)10-16/h1-3,5-6,8,16,18H,4,7,9-14H2/t16-,18+/m1/s1. The first-order chi connectivity index (χ1) is 11.9. The molecule has 0 N–H and O–H groups in total. The van der Waals surface area contributed by atoms with Crippen LogP contribution >= 0.6 is 0 Å². The molecule has 4 rings (SSSR count). The Bertz CT molecular complexity index is 639. The van der Waals surface area contributed by atoms with Crippen LogP contribution in [0.2, 0.25) is 0 Å². The smallest absolute Gasteiger partial charge is 0.0731 e. The lowest BCUT2D eigenvalue weighted by molar-refractivity contribution is 0.0558. The van der Waals surface area contributed by atoms with Crippen LogP contribution in [0.4, 0.5) is 0 Å². The van der Waals surface area contributed by atoms with Gasteiger partial charge in [-0.2, -0.15) is 5.10 Å². The lowest BCUT2D eigenvalue weighted by Crippen LogP contribution is -2.38. The van der Waals surface area contributed by atoms with Crippen molar-refractivity contribution in [3.05, 3.63) is 48.0 Å². The van der Waals surface area contributed by atoms with Crippen LogP contribution in [0.15, 0.2) is 36.8 Å². The van der Waals surface area contributed by atoms with Crippen molar-refractivity contribution in [1.29, 1.82) is 0 Å². The summed E-state index contributed by atoms with van der Waals surface area (Å²) in [4.78, 5) is 6.68. The predicted octanol–water partition coefficient (Wildman–Crippen LogP) is 1.72. The molecule has 0 amide bonds. The van der Waals surface area contributed by atoms with Gasteiger partial charge in [0.2, 0.25) is 0 Å². The summed E-state index contributed by atoms with van der Waals surface area (Å²) in [5.41, 5.74) is 2.41. The second-order valence-electron chi connectivity index (χ2n) is 6.69.